The van der Waals surface area contributed by atoms with Gasteiger partial charge in [-0.1, -0.05) is 6.92 Å². The molecule has 4 heterocycles. The van der Waals surface area contributed by atoms with Gasteiger partial charge in [0.05, 0.1) is 12.2 Å². The minimum absolute atomic E-state index is 0. The summed E-state index contributed by atoms with van der Waals surface area (Å²) in [5, 5.41) is 14.9. The first-order valence-corrected chi connectivity index (χ1v) is 11.2. The van der Waals surface area contributed by atoms with Crippen molar-refractivity contribution in [2.24, 2.45) is 4.99 Å². The molecule has 2 aromatic rings. The summed E-state index contributed by atoms with van der Waals surface area (Å²) in [6.45, 7) is 6.06. The highest BCUT2D eigenvalue weighted by molar-refractivity contribution is 14.0. The van der Waals surface area contributed by atoms with Crippen LogP contribution in [-0.4, -0.2) is 58.4 Å². The average molecular weight is 530 g/mol. The first-order chi connectivity index (χ1) is 13.7. The molecule has 160 valence electrons. The fourth-order valence-corrected chi connectivity index (χ4v) is 4.70. The summed E-state index contributed by atoms with van der Waals surface area (Å²) in [4.78, 5) is 16.2. The van der Waals surface area contributed by atoms with E-state index in [1.807, 2.05) is 11.7 Å². The summed E-state index contributed by atoms with van der Waals surface area (Å²) in [7, 11) is 1.82. The van der Waals surface area contributed by atoms with Crippen molar-refractivity contribution in [3.63, 3.8) is 0 Å². The van der Waals surface area contributed by atoms with E-state index in [1.165, 1.54) is 18.0 Å². The highest BCUT2D eigenvalue weighted by Crippen LogP contribution is 2.24. The molecule has 10 heteroatoms. The van der Waals surface area contributed by atoms with Crippen LogP contribution >= 0.6 is 35.3 Å². The van der Waals surface area contributed by atoms with Crippen LogP contribution in [0.1, 0.15) is 43.5 Å². The maximum absolute atomic E-state index is 4.79. The molecule has 2 N–H and O–H groups in total. The van der Waals surface area contributed by atoms with E-state index in [4.69, 9.17) is 4.98 Å². The summed E-state index contributed by atoms with van der Waals surface area (Å²) in [6, 6.07) is 0.325. The van der Waals surface area contributed by atoms with Crippen LogP contribution in [0.2, 0.25) is 0 Å². The molecular formula is C19H31IN8S. The lowest BCUT2D eigenvalue weighted by Gasteiger charge is -2.25. The first kappa shape index (κ1) is 22.3. The van der Waals surface area contributed by atoms with Gasteiger partial charge in [0.2, 0.25) is 0 Å². The quantitative estimate of drug-likeness (QED) is 0.339. The molecule has 0 aliphatic carbocycles. The third-order valence-electron chi connectivity index (χ3n) is 5.37. The van der Waals surface area contributed by atoms with Crippen molar-refractivity contribution >= 4 is 46.4 Å². The predicted octanol–water partition coefficient (Wildman–Crippen LogP) is 2.24. The monoisotopic (exact) mass is 530 g/mol. The number of anilines is 1. The molecule has 0 radical (unpaired) electrons. The Morgan fingerprint density at radius 1 is 1.31 bits per heavy atom. The number of rotatable bonds is 6. The molecular weight excluding hydrogens is 499 g/mol. The SMILES string of the molecule is CCc1nc2n(n1)CC(NC(=NC)NCCc1csc(N3CCCC3)n1)CC2.I. The number of fused-ring (bicyclic) bond motifs is 1. The number of aryl methyl sites for hydroxylation is 2. The zero-order chi connectivity index (χ0) is 19.3. The Bertz CT molecular complexity index is 811. The maximum Gasteiger partial charge on any atom is 0.191 e. The topological polar surface area (TPSA) is 83.3 Å². The van der Waals surface area contributed by atoms with Gasteiger partial charge in [0.1, 0.15) is 5.82 Å². The zero-order valence-electron chi connectivity index (χ0n) is 17.2. The van der Waals surface area contributed by atoms with Crippen molar-refractivity contribution in [2.75, 3.05) is 31.6 Å². The second-order valence-corrected chi connectivity index (χ2v) is 8.26. The third-order valence-corrected chi connectivity index (χ3v) is 6.32. The van der Waals surface area contributed by atoms with Crippen LogP contribution in [0.5, 0.6) is 0 Å². The van der Waals surface area contributed by atoms with Crippen LogP contribution in [0, 0.1) is 0 Å². The Kier molecular flexibility index (Phi) is 8.10. The largest absolute Gasteiger partial charge is 0.356 e. The number of aromatic nitrogens is 4. The summed E-state index contributed by atoms with van der Waals surface area (Å²) < 4.78 is 2.04. The van der Waals surface area contributed by atoms with Crippen LogP contribution in [-0.2, 0) is 25.8 Å². The normalized spacial score (nSPS) is 19.0. The van der Waals surface area contributed by atoms with Crippen molar-refractivity contribution < 1.29 is 0 Å². The maximum atomic E-state index is 4.79. The molecule has 2 aliphatic heterocycles. The molecule has 0 bridgehead atoms. The van der Waals surface area contributed by atoms with E-state index in [9.17, 15) is 0 Å². The van der Waals surface area contributed by atoms with E-state index >= 15 is 0 Å². The van der Waals surface area contributed by atoms with E-state index in [-0.39, 0.29) is 24.0 Å². The Labute approximate surface area is 193 Å². The van der Waals surface area contributed by atoms with Gasteiger partial charge in [-0.15, -0.1) is 35.3 Å². The van der Waals surface area contributed by atoms with Crippen molar-refractivity contribution in [1.82, 2.24) is 30.4 Å². The van der Waals surface area contributed by atoms with E-state index in [0.29, 0.717) is 6.04 Å². The van der Waals surface area contributed by atoms with Gasteiger partial charge < -0.3 is 15.5 Å². The van der Waals surface area contributed by atoms with Crippen LogP contribution in [0.25, 0.3) is 0 Å². The van der Waals surface area contributed by atoms with Crippen LogP contribution in [0.4, 0.5) is 5.13 Å². The van der Waals surface area contributed by atoms with Crippen molar-refractivity contribution in [2.45, 2.75) is 58.0 Å². The molecule has 2 aromatic heterocycles. The fourth-order valence-electron chi connectivity index (χ4n) is 3.79. The summed E-state index contributed by atoms with van der Waals surface area (Å²) in [5.41, 5.74) is 1.16. The molecule has 0 spiro atoms. The number of nitrogens with zero attached hydrogens (tertiary/aromatic N) is 6. The third kappa shape index (κ3) is 5.59. The van der Waals surface area contributed by atoms with Crippen LogP contribution in [0.3, 0.4) is 0 Å². The summed E-state index contributed by atoms with van der Waals surface area (Å²) in [6.07, 6.45) is 6.37. The standard InChI is InChI=1S/C19H30N8S.HI/c1-3-16-24-17-7-6-14(12-27(17)25-16)22-18(20-2)21-9-8-15-13-28-19(23-15)26-10-4-5-11-26;/h13-14H,3-12H2,1-2H3,(H2,20,21,22);1H. The second-order valence-electron chi connectivity index (χ2n) is 7.42. The number of halogens is 1. The van der Waals surface area contributed by atoms with Crippen LogP contribution in [0.15, 0.2) is 10.4 Å². The zero-order valence-corrected chi connectivity index (χ0v) is 20.4. The fraction of sp³-hybridized carbons (Fsp3) is 0.684. The average Bonchev–Trinajstić information content (AvgIpc) is 3.46. The minimum Gasteiger partial charge on any atom is -0.356 e. The van der Waals surface area contributed by atoms with E-state index in [1.54, 1.807) is 11.3 Å². The van der Waals surface area contributed by atoms with Crippen molar-refractivity contribution in [1.29, 1.82) is 0 Å². The van der Waals surface area contributed by atoms with E-state index < -0.39 is 0 Å². The molecule has 1 unspecified atom stereocenters. The van der Waals surface area contributed by atoms with Gasteiger partial charge in [0, 0.05) is 57.4 Å². The smallest absolute Gasteiger partial charge is 0.191 e. The molecule has 1 saturated heterocycles. The van der Waals surface area contributed by atoms with Gasteiger partial charge in [-0.05, 0) is 19.3 Å². The molecule has 0 aromatic carbocycles. The lowest BCUT2D eigenvalue weighted by molar-refractivity contribution is 0.392. The van der Waals surface area contributed by atoms with Gasteiger partial charge in [-0.3, -0.25) is 4.99 Å². The Morgan fingerprint density at radius 2 is 2.14 bits per heavy atom. The van der Waals surface area contributed by atoms with Crippen LogP contribution < -0.4 is 15.5 Å². The summed E-state index contributed by atoms with van der Waals surface area (Å²) >= 11 is 1.76. The van der Waals surface area contributed by atoms with Gasteiger partial charge >= 0.3 is 0 Å². The summed E-state index contributed by atoms with van der Waals surface area (Å²) in [5.74, 6) is 2.89. The molecule has 8 nitrogen and oxygen atoms in total. The molecule has 29 heavy (non-hydrogen) atoms. The lowest BCUT2D eigenvalue weighted by atomic mass is 10.1. The van der Waals surface area contributed by atoms with Gasteiger partial charge in [-0.2, -0.15) is 5.10 Å². The second kappa shape index (κ2) is 10.6. The number of aliphatic imine (C=N–C) groups is 1. The molecule has 0 amide bonds. The van der Waals surface area contributed by atoms with Gasteiger partial charge in [0.25, 0.3) is 0 Å². The molecule has 2 aliphatic rings. The molecule has 1 atom stereocenters. The first-order valence-electron chi connectivity index (χ1n) is 10.3. The number of hydrogen-bond donors (Lipinski definition) is 2. The Morgan fingerprint density at radius 3 is 2.90 bits per heavy atom. The number of thiazole rings is 1. The number of guanidine groups is 1. The highest BCUT2D eigenvalue weighted by atomic mass is 127. The van der Waals surface area contributed by atoms with Crippen molar-refractivity contribution in [3.05, 3.63) is 22.7 Å². The van der Waals surface area contributed by atoms with Gasteiger partial charge in [-0.25, -0.2) is 14.6 Å². The Balaban J connectivity index is 0.00000240. The van der Waals surface area contributed by atoms with E-state index in [0.717, 1.165) is 75.2 Å². The van der Waals surface area contributed by atoms with Crippen molar-refractivity contribution in [3.8, 4) is 0 Å². The number of nitrogens with one attached hydrogen (secondary N) is 2. The highest BCUT2D eigenvalue weighted by Gasteiger charge is 2.22. The molecule has 4 rings (SSSR count). The van der Waals surface area contributed by atoms with E-state index in [2.05, 4.69) is 42.9 Å². The minimum atomic E-state index is 0. The molecule has 0 saturated carbocycles. The Hall–Kier alpha value is -1.43. The number of hydrogen-bond acceptors (Lipinski definition) is 6. The van der Waals surface area contributed by atoms with Gasteiger partial charge in [0.15, 0.2) is 16.9 Å². The predicted molar refractivity (Wildman–Crippen MR) is 129 cm³/mol. The lowest BCUT2D eigenvalue weighted by Crippen LogP contribution is -2.47. The molecule has 1 fully saturated rings.